The SMILES string of the molecule is Brc1cnc(N2CCC[C@@H](c3ncn[nH]3)C2)nc1. The second kappa shape index (κ2) is 5.01. The minimum absolute atomic E-state index is 0.383. The van der Waals surface area contributed by atoms with Gasteiger partial charge in [0, 0.05) is 31.4 Å². The molecule has 0 radical (unpaired) electrons. The number of aromatic amines is 1. The Morgan fingerprint density at radius 2 is 2.11 bits per heavy atom. The van der Waals surface area contributed by atoms with E-state index in [2.05, 4.69) is 46.0 Å². The lowest BCUT2D eigenvalue weighted by atomic mass is 9.98. The van der Waals surface area contributed by atoms with Crippen molar-refractivity contribution in [2.45, 2.75) is 18.8 Å². The van der Waals surface area contributed by atoms with Crippen molar-refractivity contribution in [2.24, 2.45) is 0 Å². The zero-order valence-corrected chi connectivity index (χ0v) is 11.3. The topological polar surface area (TPSA) is 70.6 Å². The minimum Gasteiger partial charge on any atom is -0.340 e. The van der Waals surface area contributed by atoms with Gasteiger partial charge in [-0.1, -0.05) is 0 Å². The van der Waals surface area contributed by atoms with Crippen molar-refractivity contribution in [1.82, 2.24) is 25.1 Å². The molecule has 18 heavy (non-hydrogen) atoms. The Labute approximate surface area is 113 Å². The van der Waals surface area contributed by atoms with E-state index in [1.165, 1.54) is 0 Å². The molecule has 3 rings (SSSR count). The largest absolute Gasteiger partial charge is 0.340 e. The molecule has 0 bridgehead atoms. The first-order chi connectivity index (χ1) is 8.83. The molecule has 1 N–H and O–H groups in total. The van der Waals surface area contributed by atoms with E-state index >= 15 is 0 Å². The average Bonchev–Trinajstić information content (AvgIpc) is 2.94. The molecular weight excluding hydrogens is 296 g/mol. The number of aromatic nitrogens is 5. The Kier molecular flexibility index (Phi) is 3.22. The third-order valence-corrected chi connectivity index (χ3v) is 3.54. The Balaban J connectivity index is 1.76. The highest BCUT2D eigenvalue weighted by atomic mass is 79.9. The van der Waals surface area contributed by atoms with Gasteiger partial charge in [-0.2, -0.15) is 5.10 Å². The maximum atomic E-state index is 4.34. The molecule has 1 fully saturated rings. The Morgan fingerprint density at radius 1 is 1.28 bits per heavy atom. The van der Waals surface area contributed by atoms with Crippen LogP contribution in [0.4, 0.5) is 5.95 Å². The fraction of sp³-hybridized carbons (Fsp3) is 0.455. The van der Waals surface area contributed by atoms with Gasteiger partial charge in [0.25, 0.3) is 0 Å². The molecule has 0 unspecified atom stereocenters. The molecule has 0 amide bonds. The number of nitrogens with one attached hydrogen (secondary N) is 1. The van der Waals surface area contributed by atoms with Gasteiger partial charge in [-0.25, -0.2) is 15.0 Å². The molecule has 1 atom stereocenters. The molecule has 2 aromatic heterocycles. The zero-order valence-electron chi connectivity index (χ0n) is 9.75. The van der Waals surface area contributed by atoms with Gasteiger partial charge in [0.1, 0.15) is 12.2 Å². The number of nitrogens with zero attached hydrogens (tertiary/aromatic N) is 5. The highest BCUT2D eigenvalue weighted by molar-refractivity contribution is 9.10. The Morgan fingerprint density at radius 3 is 2.83 bits per heavy atom. The van der Waals surface area contributed by atoms with Crippen molar-refractivity contribution < 1.29 is 0 Å². The molecule has 1 saturated heterocycles. The van der Waals surface area contributed by atoms with Crippen molar-refractivity contribution in [2.75, 3.05) is 18.0 Å². The molecule has 0 saturated carbocycles. The maximum Gasteiger partial charge on any atom is 0.225 e. The molecule has 1 aliphatic heterocycles. The Hall–Kier alpha value is -1.50. The first-order valence-corrected chi connectivity index (χ1v) is 6.70. The van der Waals surface area contributed by atoms with E-state index in [4.69, 9.17) is 0 Å². The summed E-state index contributed by atoms with van der Waals surface area (Å²) in [5.41, 5.74) is 0. The van der Waals surface area contributed by atoms with E-state index in [0.29, 0.717) is 5.92 Å². The predicted molar refractivity (Wildman–Crippen MR) is 70.3 cm³/mol. The van der Waals surface area contributed by atoms with E-state index < -0.39 is 0 Å². The van der Waals surface area contributed by atoms with Crippen LogP contribution in [0.5, 0.6) is 0 Å². The van der Waals surface area contributed by atoms with Crippen molar-refractivity contribution >= 4 is 21.9 Å². The Bertz CT molecular complexity index is 497. The number of H-pyrrole nitrogens is 1. The van der Waals surface area contributed by atoms with Crippen LogP contribution in [-0.4, -0.2) is 38.2 Å². The monoisotopic (exact) mass is 308 g/mol. The molecule has 6 nitrogen and oxygen atoms in total. The van der Waals surface area contributed by atoms with Crippen LogP contribution >= 0.6 is 15.9 Å². The van der Waals surface area contributed by atoms with Gasteiger partial charge in [-0.15, -0.1) is 0 Å². The molecule has 0 aliphatic carbocycles. The van der Waals surface area contributed by atoms with Crippen LogP contribution in [0.3, 0.4) is 0 Å². The lowest BCUT2D eigenvalue weighted by Crippen LogP contribution is -2.35. The van der Waals surface area contributed by atoms with Crippen molar-refractivity contribution in [3.8, 4) is 0 Å². The standard InChI is InChI=1S/C11H13BrN6/c12-9-4-13-11(14-5-9)18-3-1-2-8(6-18)10-15-7-16-17-10/h4-5,7-8H,1-3,6H2,(H,15,16,17)/t8-/m1/s1. The second-order valence-corrected chi connectivity index (χ2v) is 5.27. The third-order valence-electron chi connectivity index (χ3n) is 3.13. The third kappa shape index (κ3) is 2.35. The number of hydrogen-bond acceptors (Lipinski definition) is 5. The minimum atomic E-state index is 0.383. The van der Waals surface area contributed by atoms with Crippen LogP contribution in [0.15, 0.2) is 23.2 Å². The second-order valence-electron chi connectivity index (χ2n) is 4.36. The summed E-state index contributed by atoms with van der Waals surface area (Å²) in [5, 5.41) is 6.87. The average molecular weight is 309 g/mol. The number of piperidine rings is 1. The normalized spacial score (nSPS) is 20.1. The number of rotatable bonds is 2. The van der Waals surface area contributed by atoms with Crippen molar-refractivity contribution in [3.05, 3.63) is 29.0 Å². The quantitative estimate of drug-likeness (QED) is 0.915. The lowest BCUT2D eigenvalue weighted by Gasteiger charge is -2.31. The molecule has 0 aromatic carbocycles. The summed E-state index contributed by atoms with van der Waals surface area (Å²) in [4.78, 5) is 15.1. The van der Waals surface area contributed by atoms with E-state index in [9.17, 15) is 0 Å². The van der Waals surface area contributed by atoms with Crippen LogP contribution < -0.4 is 4.90 Å². The molecule has 0 spiro atoms. The molecule has 94 valence electrons. The molecule has 7 heteroatoms. The highest BCUT2D eigenvalue weighted by Crippen LogP contribution is 2.26. The van der Waals surface area contributed by atoms with Gasteiger partial charge in [0.15, 0.2) is 0 Å². The summed E-state index contributed by atoms with van der Waals surface area (Å²) in [6, 6.07) is 0. The molecule has 1 aliphatic rings. The van der Waals surface area contributed by atoms with Crippen LogP contribution in [0.2, 0.25) is 0 Å². The van der Waals surface area contributed by atoms with E-state index in [0.717, 1.165) is 42.2 Å². The van der Waals surface area contributed by atoms with E-state index in [1.807, 2.05) is 0 Å². The fourth-order valence-corrected chi connectivity index (χ4v) is 2.47. The zero-order chi connectivity index (χ0) is 12.4. The molecule has 2 aromatic rings. The van der Waals surface area contributed by atoms with Gasteiger partial charge in [-0.05, 0) is 28.8 Å². The van der Waals surface area contributed by atoms with Gasteiger partial charge >= 0.3 is 0 Å². The van der Waals surface area contributed by atoms with E-state index in [1.54, 1.807) is 18.7 Å². The fourth-order valence-electron chi connectivity index (χ4n) is 2.26. The summed E-state index contributed by atoms with van der Waals surface area (Å²) >= 11 is 3.35. The van der Waals surface area contributed by atoms with Gasteiger partial charge < -0.3 is 4.90 Å². The first kappa shape index (κ1) is 11.6. The summed E-state index contributed by atoms with van der Waals surface area (Å²) in [6.45, 7) is 1.88. The summed E-state index contributed by atoms with van der Waals surface area (Å²) < 4.78 is 0.898. The summed E-state index contributed by atoms with van der Waals surface area (Å²) in [6.07, 6.45) is 7.36. The highest BCUT2D eigenvalue weighted by Gasteiger charge is 2.24. The predicted octanol–water partition coefficient (Wildman–Crippen LogP) is 1.74. The lowest BCUT2D eigenvalue weighted by molar-refractivity contribution is 0.486. The molecular formula is C11H13BrN6. The van der Waals surface area contributed by atoms with Crippen LogP contribution in [0, 0.1) is 0 Å². The van der Waals surface area contributed by atoms with Crippen LogP contribution in [-0.2, 0) is 0 Å². The van der Waals surface area contributed by atoms with Crippen LogP contribution in [0.1, 0.15) is 24.6 Å². The summed E-state index contributed by atoms with van der Waals surface area (Å²) in [5.74, 6) is 2.12. The van der Waals surface area contributed by atoms with Gasteiger partial charge in [-0.3, -0.25) is 5.10 Å². The number of halogens is 1. The van der Waals surface area contributed by atoms with Crippen molar-refractivity contribution in [1.29, 1.82) is 0 Å². The van der Waals surface area contributed by atoms with Gasteiger partial charge in [0.05, 0.1) is 4.47 Å². The number of anilines is 1. The van der Waals surface area contributed by atoms with E-state index in [-0.39, 0.29) is 0 Å². The molecule has 3 heterocycles. The summed E-state index contributed by atoms with van der Waals surface area (Å²) in [7, 11) is 0. The van der Waals surface area contributed by atoms with Crippen molar-refractivity contribution in [3.63, 3.8) is 0 Å². The first-order valence-electron chi connectivity index (χ1n) is 5.90. The van der Waals surface area contributed by atoms with Gasteiger partial charge in [0.2, 0.25) is 5.95 Å². The maximum absolute atomic E-state index is 4.34. The smallest absolute Gasteiger partial charge is 0.225 e. The van der Waals surface area contributed by atoms with Crippen LogP contribution in [0.25, 0.3) is 0 Å². The number of hydrogen-bond donors (Lipinski definition) is 1.